The zero-order chi connectivity index (χ0) is 10.1. The van der Waals surface area contributed by atoms with Gasteiger partial charge in [-0.15, -0.1) is 34.0 Å². The summed E-state index contributed by atoms with van der Waals surface area (Å²) >= 11 is 0. The first-order chi connectivity index (χ1) is 7.43. The van der Waals surface area contributed by atoms with Crippen molar-refractivity contribution in [3.8, 4) is 0 Å². The van der Waals surface area contributed by atoms with Crippen molar-refractivity contribution in [3.63, 3.8) is 0 Å². The number of anilines is 1. The van der Waals surface area contributed by atoms with Crippen LogP contribution in [-0.4, -0.2) is 42.1 Å². The van der Waals surface area contributed by atoms with Crippen molar-refractivity contribution in [2.75, 3.05) is 31.1 Å². The van der Waals surface area contributed by atoms with Gasteiger partial charge in [0, 0.05) is 38.4 Å². The molecular weight excluding hydrogens is 346 g/mol. The third kappa shape index (κ3) is 3.20. The molecule has 1 aromatic rings. The van der Waals surface area contributed by atoms with Crippen LogP contribution in [0.25, 0.3) is 0 Å². The number of piperidine rings is 1. The summed E-state index contributed by atoms with van der Waals surface area (Å²) in [5.74, 6) is 0. The molecule has 0 amide bonds. The van der Waals surface area contributed by atoms with Gasteiger partial charge >= 0.3 is 0 Å². The first-order valence-electron chi connectivity index (χ1n) is 5.82. The van der Waals surface area contributed by atoms with Crippen molar-refractivity contribution < 1.29 is 0 Å². The van der Waals surface area contributed by atoms with Crippen LogP contribution in [0.3, 0.4) is 0 Å². The Balaban J connectivity index is 0.000000722. The van der Waals surface area contributed by atoms with Crippen LogP contribution in [0.15, 0.2) is 24.5 Å². The van der Waals surface area contributed by atoms with E-state index in [1.54, 1.807) is 0 Å². The van der Waals surface area contributed by atoms with Gasteiger partial charge in [0.15, 0.2) is 0 Å². The fourth-order valence-corrected chi connectivity index (χ4v) is 2.75. The molecule has 0 aliphatic carbocycles. The second-order valence-corrected chi connectivity index (χ2v) is 4.48. The average Bonchev–Trinajstić information content (AvgIpc) is 2.63. The lowest BCUT2D eigenvalue weighted by atomic mass is 10.0. The standard InChI is InChI=1S/C12H17N3.2BrH/c1-2-12(10-13-5-1)15-9-8-14-6-3-11(15)4-7-14;;/h1-2,5,10-11H,3-4,6-9H2;2*1H. The molecule has 3 saturated heterocycles. The smallest absolute Gasteiger partial charge is 0.0555 e. The molecule has 3 aliphatic heterocycles. The van der Waals surface area contributed by atoms with Gasteiger partial charge in [-0.2, -0.15) is 0 Å². The third-order valence-electron chi connectivity index (χ3n) is 3.63. The van der Waals surface area contributed by atoms with E-state index >= 15 is 0 Å². The summed E-state index contributed by atoms with van der Waals surface area (Å²) in [6.45, 7) is 4.94. The third-order valence-corrected chi connectivity index (χ3v) is 3.63. The Kier molecular flexibility index (Phi) is 5.89. The Morgan fingerprint density at radius 3 is 2.47 bits per heavy atom. The molecule has 3 nitrogen and oxygen atoms in total. The SMILES string of the molecule is Br.Br.c1cncc(N2CCN3CCC2CC3)c1. The molecule has 0 spiro atoms. The molecule has 0 saturated carbocycles. The summed E-state index contributed by atoms with van der Waals surface area (Å²) in [7, 11) is 0. The van der Waals surface area contributed by atoms with E-state index in [4.69, 9.17) is 0 Å². The predicted molar refractivity (Wildman–Crippen MR) is 81.7 cm³/mol. The monoisotopic (exact) mass is 363 g/mol. The molecule has 5 heteroatoms. The summed E-state index contributed by atoms with van der Waals surface area (Å²) < 4.78 is 0. The minimum absolute atomic E-state index is 0. The van der Waals surface area contributed by atoms with Crippen LogP contribution in [0.2, 0.25) is 0 Å². The number of pyridine rings is 1. The van der Waals surface area contributed by atoms with Gasteiger partial charge in [0.2, 0.25) is 0 Å². The molecule has 2 bridgehead atoms. The van der Waals surface area contributed by atoms with Crippen molar-refractivity contribution >= 4 is 39.7 Å². The molecule has 3 aliphatic rings. The average molecular weight is 365 g/mol. The molecule has 96 valence electrons. The summed E-state index contributed by atoms with van der Waals surface area (Å²) in [6, 6.07) is 4.96. The summed E-state index contributed by atoms with van der Waals surface area (Å²) in [5, 5.41) is 0. The fraction of sp³-hybridized carbons (Fsp3) is 0.583. The van der Waals surface area contributed by atoms with Gasteiger partial charge in [-0.3, -0.25) is 4.98 Å². The Labute approximate surface area is 124 Å². The van der Waals surface area contributed by atoms with Gasteiger partial charge in [-0.1, -0.05) is 0 Å². The highest BCUT2D eigenvalue weighted by atomic mass is 79.9. The number of rotatable bonds is 1. The molecule has 4 rings (SSSR count). The van der Waals surface area contributed by atoms with Gasteiger partial charge in [-0.05, 0) is 25.0 Å². The quantitative estimate of drug-likeness (QED) is 0.763. The van der Waals surface area contributed by atoms with E-state index in [0.717, 1.165) is 12.6 Å². The van der Waals surface area contributed by atoms with Gasteiger partial charge < -0.3 is 9.80 Å². The summed E-state index contributed by atoms with van der Waals surface area (Å²) in [6.07, 6.45) is 6.47. The largest absolute Gasteiger partial charge is 0.366 e. The zero-order valence-electron chi connectivity index (χ0n) is 9.79. The lowest BCUT2D eigenvalue weighted by Gasteiger charge is -2.32. The maximum absolute atomic E-state index is 4.22. The van der Waals surface area contributed by atoms with E-state index in [0.29, 0.717) is 0 Å². The number of nitrogens with zero attached hydrogens (tertiary/aromatic N) is 3. The number of hydrogen-bond donors (Lipinski definition) is 0. The van der Waals surface area contributed by atoms with Crippen LogP contribution >= 0.6 is 34.0 Å². The molecule has 0 radical (unpaired) electrons. The lowest BCUT2D eigenvalue weighted by Crippen LogP contribution is -2.37. The topological polar surface area (TPSA) is 19.4 Å². The summed E-state index contributed by atoms with van der Waals surface area (Å²) in [5.41, 5.74) is 1.30. The van der Waals surface area contributed by atoms with E-state index in [1.165, 1.54) is 38.2 Å². The second-order valence-electron chi connectivity index (χ2n) is 4.48. The Hall–Kier alpha value is -0.130. The molecule has 17 heavy (non-hydrogen) atoms. The van der Waals surface area contributed by atoms with E-state index in [1.807, 2.05) is 18.5 Å². The van der Waals surface area contributed by atoms with Crippen LogP contribution in [0, 0.1) is 0 Å². The maximum atomic E-state index is 4.22. The zero-order valence-corrected chi connectivity index (χ0v) is 13.2. The molecule has 4 heterocycles. The molecule has 0 aromatic carbocycles. The highest BCUT2D eigenvalue weighted by Gasteiger charge is 2.28. The van der Waals surface area contributed by atoms with Crippen LogP contribution in [0.1, 0.15) is 12.8 Å². The van der Waals surface area contributed by atoms with E-state index in [9.17, 15) is 0 Å². The summed E-state index contributed by atoms with van der Waals surface area (Å²) in [4.78, 5) is 9.34. The number of fused-ring (bicyclic) bond motifs is 4. The molecule has 0 N–H and O–H groups in total. The van der Waals surface area contributed by atoms with Crippen molar-refractivity contribution in [3.05, 3.63) is 24.5 Å². The van der Waals surface area contributed by atoms with Crippen LogP contribution in [0.5, 0.6) is 0 Å². The van der Waals surface area contributed by atoms with E-state index in [2.05, 4.69) is 20.9 Å². The Morgan fingerprint density at radius 1 is 1.06 bits per heavy atom. The van der Waals surface area contributed by atoms with Gasteiger partial charge in [0.1, 0.15) is 0 Å². The lowest BCUT2D eigenvalue weighted by molar-refractivity contribution is 0.250. The fourth-order valence-electron chi connectivity index (χ4n) is 2.75. The van der Waals surface area contributed by atoms with Crippen molar-refractivity contribution in [2.45, 2.75) is 18.9 Å². The van der Waals surface area contributed by atoms with Gasteiger partial charge in [0.05, 0.1) is 11.9 Å². The maximum Gasteiger partial charge on any atom is 0.0555 e. The number of aromatic nitrogens is 1. The van der Waals surface area contributed by atoms with Crippen molar-refractivity contribution in [2.24, 2.45) is 0 Å². The number of halogens is 2. The van der Waals surface area contributed by atoms with Crippen LogP contribution < -0.4 is 4.90 Å². The van der Waals surface area contributed by atoms with Crippen molar-refractivity contribution in [1.82, 2.24) is 9.88 Å². The highest BCUT2D eigenvalue weighted by Crippen LogP contribution is 2.25. The number of hydrogen-bond acceptors (Lipinski definition) is 3. The Bertz CT molecular complexity index is 326. The van der Waals surface area contributed by atoms with Gasteiger partial charge in [0.25, 0.3) is 0 Å². The molecular formula is C12H19Br2N3. The first kappa shape index (κ1) is 14.9. The van der Waals surface area contributed by atoms with Crippen molar-refractivity contribution in [1.29, 1.82) is 0 Å². The van der Waals surface area contributed by atoms with Crippen LogP contribution in [0.4, 0.5) is 5.69 Å². The van der Waals surface area contributed by atoms with E-state index < -0.39 is 0 Å². The minimum atomic E-state index is 0. The van der Waals surface area contributed by atoms with Gasteiger partial charge in [-0.25, -0.2) is 0 Å². The second kappa shape index (κ2) is 6.71. The van der Waals surface area contributed by atoms with E-state index in [-0.39, 0.29) is 34.0 Å². The Morgan fingerprint density at radius 2 is 1.82 bits per heavy atom. The van der Waals surface area contributed by atoms with Crippen LogP contribution in [-0.2, 0) is 0 Å². The molecule has 0 unspecified atom stereocenters. The molecule has 1 aromatic heterocycles. The highest BCUT2D eigenvalue weighted by molar-refractivity contribution is 8.93. The molecule has 0 atom stereocenters. The molecule has 3 fully saturated rings. The minimum Gasteiger partial charge on any atom is -0.366 e. The predicted octanol–water partition coefficient (Wildman–Crippen LogP) is 2.52. The normalized spacial score (nSPS) is 26.7. The first-order valence-corrected chi connectivity index (χ1v) is 5.82.